The van der Waals surface area contributed by atoms with Gasteiger partial charge in [0, 0.05) is 24.7 Å². The number of hydrogen-bond donors (Lipinski definition) is 1. The standard InChI is InChI=1S/C17H18F5NO4/c18-16(19,17(20,21)22)15-26-10-12(5-2-1-3-7-13(24)25)14(27-15)11-6-4-8-23-9-11/h1-2,4,6,8-9,12,14-15H,3,5,7,10H2,(H,24,25)/b2-1-. The highest BCUT2D eigenvalue weighted by Gasteiger charge is 2.65. The van der Waals surface area contributed by atoms with E-state index in [1.807, 2.05) is 0 Å². The molecule has 2 heterocycles. The molecule has 0 amide bonds. The summed E-state index contributed by atoms with van der Waals surface area (Å²) in [6.45, 7) is -0.376. The largest absolute Gasteiger partial charge is 0.481 e. The van der Waals surface area contributed by atoms with Gasteiger partial charge in [-0.3, -0.25) is 9.78 Å². The molecule has 150 valence electrons. The third-order valence-corrected chi connectivity index (χ3v) is 3.98. The van der Waals surface area contributed by atoms with Gasteiger partial charge in [-0.1, -0.05) is 18.2 Å². The number of carboxylic acid groups (broad SMARTS) is 1. The maximum Gasteiger partial charge on any atom is 0.458 e. The zero-order valence-corrected chi connectivity index (χ0v) is 14.0. The maximum absolute atomic E-state index is 13.6. The first-order chi connectivity index (χ1) is 12.6. The number of carboxylic acids is 1. The summed E-state index contributed by atoms with van der Waals surface area (Å²) in [5, 5.41) is 8.58. The quantitative estimate of drug-likeness (QED) is 0.556. The van der Waals surface area contributed by atoms with Crippen molar-refractivity contribution in [1.29, 1.82) is 0 Å². The minimum absolute atomic E-state index is 0.0694. The Labute approximate surface area is 151 Å². The van der Waals surface area contributed by atoms with Gasteiger partial charge in [-0.2, -0.15) is 22.0 Å². The lowest BCUT2D eigenvalue weighted by Crippen LogP contribution is -2.53. The minimum Gasteiger partial charge on any atom is -0.481 e. The normalized spacial score (nSPS) is 24.3. The van der Waals surface area contributed by atoms with Crippen LogP contribution in [0.5, 0.6) is 0 Å². The van der Waals surface area contributed by atoms with Crippen molar-refractivity contribution < 1.29 is 41.3 Å². The second-order valence-corrected chi connectivity index (χ2v) is 6.03. The molecule has 1 aromatic heterocycles. The number of alkyl halides is 5. The number of nitrogens with zero attached hydrogens (tertiary/aromatic N) is 1. The van der Waals surface area contributed by atoms with Crippen molar-refractivity contribution in [2.45, 2.75) is 43.8 Å². The van der Waals surface area contributed by atoms with Crippen molar-refractivity contribution in [3.05, 3.63) is 42.2 Å². The third kappa shape index (κ3) is 5.46. The second-order valence-electron chi connectivity index (χ2n) is 6.03. The van der Waals surface area contributed by atoms with Crippen LogP contribution in [0.2, 0.25) is 0 Å². The number of hydrogen-bond acceptors (Lipinski definition) is 4. The SMILES string of the molecule is O=C(O)CC/C=C\CC1COC(C(F)(F)C(F)(F)F)OC1c1cccnc1. The summed E-state index contributed by atoms with van der Waals surface area (Å²) in [4.78, 5) is 14.3. The van der Waals surface area contributed by atoms with Crippen molar-refractivity contribution in [2.75, 3.05) is 6.61 Å². The van der Waals surface area contributed by atoms with E-state index in [0.29, 0.717) is 5.56 Å². The smallest absolute Gasteiger partial charge is 0.458 e. The van der Waals surface area contributed by atoms with E-state index >= 15 is 0 Å². The molecule has 27 heavy (non-hydrogen) atoms. The van der Waals surface area contributed by atoms with E-state index < -0.39 is 36.4 Å². The molecule has 1 aliphatic rings. The fourth-order valence-electron chi connectivity index (χ4n) is 2.59. The van der Waals surface area contributed by atoms with Gasteiger partial charge >= 0.3 is 18.1 Å². The summed E-state index contributed by atoms with van der Waals surface area (Å²) < 4.78 is 74.7. The van der Waals surface area contributed by atoms with Gasteiger partial charge in [0.05, 0.1) is 12.7 Å². The van der Waals surface area contributed by atoms with Crippen LogP contribution >= 0.6 is 0 Å². The van der Waals surface area contributed by atoms with Crippen LogP contribution in [0.25, 0.3) is 0 Å². The molecule has 0 aliphatic carbocycles. The van der Waals surface area contributed by atoms with Crippen LogP contribution in [0, 0.1) is 5.92 Å². The van der Waals surface area contributed by atoms with Crippen LogP contribution in [0.15, 0.2) is 36.7 Å². The Morgan fingerprint density at radius 1 is 1.30 bits per heavy atom. The highest BCUT2D eigenvalue weighted by Crippen LogP contribution is 2.45. The van der Waals surface area contributed by atoms with Gasteiger partial charge in [-0.15, -0.1) is 0 Å². The Bertz CT molecular complexity index is 650. The monoisotopic (exact) mass is 395 g/mol. The summed E-state index contributed by atoms with van der Waals surface area (Å²) in [5.41, 5.74) is 0.354. The van der Waals surface area contributed by atoms with Crippen LogP contribution < -0.4 is 0 Å². The number of halogens is 5. The zero-order chi connectivity index (χ0) is 20.1. The fourth-order valence-corrected chi connectivity index (χ4v) is 2.59. The first-order valence-corrected chi connectivity index (χ1v) is 8.11. The van der Waals surface area contributed by atoms with E-state index in [1.54, 1.807) is 12.2 Å². The summed E-state index contributed by atoms with van der Waals surface area (Å²) in [6.07, 6.45) is -3.17. The molecular formula is C17H18F5NO4. The van der Waals surface area contributed by atoms with Crippen LogP contribution in [0.4, 0.5) is 22.0 Å². The predicted molar refractivity (Wildman–Crippen MR) is 82.9 cm³/mol. The number of rotatable bonds is 7. The van der Waals surface area contributed by atoms with Gasteiger partial charge in [-0.25, -0.2) is 0 Å². The van der Waals surface area contributed by atoms with E-state index in [4.69, 9.17) is 9.84 Å². The summed E-state index contributed by atoms with van der Waals surface area (Å²) in [7, 11) is 0. The number of allylic oxidation sites excluding steroid dienone is 2. The summed E-state index contributed by atoms with van der Waals surface area (Å²) in [5.74, 6) is -6.65. The van der Waals surface area contributed by atoms with Gasteiger partial charge in [0.2, 0.25) is 6.29 Å². The van der Waals surface area contributed by atoms with Gasteiger partial charge in [0.15, 0.2) is 0 Å². The zero-order valence-electron chi connectivity index (χ0n) is 14.0. The molecule has 3 atom stereocenters. The number of pyridine rings is 1. The number of carbonyl (C=O) groups is 1. The molecule has 0 bridgehead atoms. The molecule has 0 aromatic carbocycles. The van der Waals surface area contributed by atoms with Crippen molar-refractivity contribution in [3.63, 3.8) is 0 Å². The topological polar surface area (TPSA) is 68.7 Å². The van der Waals surface area contributed by atoms with E-state index in [1.165, 1.54) is 24.5 Å². The van der Waals surface area contributed by atoms with Crippen molar-refractivity contribution in [1.82, 2.24) is 4.98 Å². The Hall–Kier alpha value is -2.07. The van der Waals surface area contributed by atoms with Gasteiger partial charge in [0.25, 0.3) is 0 Å². The van der Waals surface area contributed by atoms with Crippen molar-refractivity contribution in [2.24, 2.45) is 5.92 Å². The summed E-state index contributed by atoms with van der Waals surface area (Å²) in [6, 6.07) is 3.04. The van der Waals surface area contributed by atoms with Crippen LogP contribution in [0.1, 0.15) is 30.9 Å². The molecule has 2 rings (SSSR count). The van der Waals surface area contributed by atoms with Gasteiger partial charge in [0.1, 0.15) is 0 Å². The van der Waals surface area contributed by atoms with E-state index in [0.717, 1.165) is 0 Å². The molecule has 1 fully saturated rings. The lowest BCUT2D eigenvalue weighted by Gasteiger charge is -2.39. The highest BCUT2D eigenvalue weighted by molar-refractivity contribution is 5.66. The molecule has 1 saturated heterocycles. The molecule has 0 radical (unpaired) electrons. The molecule has 10 heteroatoms. The minimum atomic E-state index is -5.80. The molecule has 3 unspecified atom stereocenters. The van der Waals surface area contributed by atoms with Gasteiger partial charge in [-0.05, 0) is 24.5 Å². The number of aromatic nitrogens is 1. The fraction of sp³-hybridized carbons (Fsp3) is 0.529. The average Bonchev–Trinajstić information content (AvgIpc) is 2.61. The molecule has 1 aromatic rings. The Morgan fingerprint density at radius 3 is 2.63 bits per heavy atom. The lowest BCUT2D eigenvalue weighted by molar-refractivity contribution is -0.390. The van der Waals surface area contributed by atoms with Crippen LogP contribution in [-0.2, 0) is 14.3 Å². The molecule has 1 aliphatic heterocycles. The number of aliphatic carboxylic acids is 1. The molecule has 1 N–H and O–H groups in total. The lowest BCUT2D eigenvalue weighted by atomic mass is 9.92. The van der Waals surface area contributed by atoms with Crippen LogP contribution in [-0.4, -0.2) is 41.1 Å². The molecular weight excluding hydrogens is 377 g/mol. The van der Waals surface area contributed by atoms with E-state index in [-0.39, 0.29) is 25.9 Å². The van der Waals surface area contributed by atoms with Crippen molar-refractivity contribution in [3.8, 4) is 0 Å². The van der Waals surface area contributed by atoms with E-state index in [2.05, 4.69) is 9.72 Å². The van der Waals surface area contributed by atoms with Crippen molar-refractivity contribution >= 4 is 5.97 Å². The van der Waals surface area contributed by atoms with Crippen LogP contribution in [0.3, 0.4) is 0 Å². The Morgan fingerprint density at radius 2 is 2.04 bits per heavy atom. The highest BCUT2D eigenvalue weighted by atomic mass is 19.4. The average molecular weight is 395 g/mol. The molecule has 5 nitrogen and oxygen atoms in total. The van der Waals surface area contributed by atoms with Gasteiger partial charge < -0.3 is 14.6 Å². The third-order valence-electron chi connectivity index (χ3n) is 3.98. The first kappa shape index (κ1) is 21.2. The van der Waals surface area contributed by atoms with E-state index in [9.17, 15) is 26.7 Å². The Kier molecular flexibility index (Phi) is 6.88. The number of ether oxygens (including phenoxy) is 2. The molecule has 0 saturated carbocycles. The predicted octanol–water partition coefficient (Wildman–Crippen LogP) is 4.12. The first-order valence-electron chi connectivity index (χ1n) is 8.11. The molecule has 0 spiro atoms. The Balaban J connectivity index is 2.13. The maximum atomic E-state index is 13.6. The second kappa shape index (κ2) is 8.75. The summed E-state index contributed by atoms with van der Waals surface area (Å²) >= 11 is 0.